The van der Waals surface area contributed by atoms with Gasteiger partial charge in [-0.15, -0.1) is 0 Å². The molecule has 1 aromatic carbocycles. The fraction of sp³-hybridized carbons (Fsp3) is 0.273. The maximum atomic E-state index is 10.4. The second-order valence-electron chi connectivity index (χ2n) is 3.71. The molecular weight excluding hydrogens is 190 g/mol. The molecule has 0 aliphatic rings. The van der Waals surface area contributed by atoms with Crippen molar-refractivity contribution in [2.75, 3.05) is 5.32 Å². The van der Waals surface area contributed by atoms with Crippen LogP contribution in [0.1, 0.15) is 19.9 Å². The van der Waals surface area contributed by atoms with E-state index in [4.69, 9.17) is 0 Å². The first kappa shape index (κ1) is 9.71. The van der Waals surface area contributed by atoms with E-state index in [1.807, 2.05) is 29.1 Å². The summed E-state index contributed by atoms with van der Waals surface area (Å²) in [5.41, 5.74) is 1.58. The Balaban J connectivity index is 2.58. The largest absolute Gasteiger partial charge is 0.327 e. The van der Waals surface area contributed by atoms with Gasteiger partial charge in [-0.3, -0.25) is 9.48 Å². The number of hydrogen-bond donors (Lipinski definition) is 1. The molecule has 1 amide bonds. The summed E-state index contributed by atoms with van der Waals surface area (Å²) >= 11 is 0. The normalized spacial score (nSPS) is 10.9. The highest BCUT2D eigenvalue weighted by Crippen LogP contribution is 2.22. The molecule has 2 aromatic rings. The first-order chi connectivity index (χ1) is 7.22. The zero-order valence-electron chi connectivity index (χ0n) is 8.77. The number of benzene rings is 1. The molecule has 0 aliphatic heterocycles. The van der Waals surface area contributed by atoms with Crippen LogP contribution in [0.15, 0.2) is 24.4 Å². The third-order valence-electron chi connectivity index (χ3n) is 2.30. The SMILES string of the molecule is CC(C)n1cc2cccc(NC=O)c2n1. The predicted octanol–water partition coefficient (Wildman–Crippen LogP) is 2.19. The highest BCUT2D eigenvalue weighted by molar-refractivity contribution is 5.94. The molecule has 0 saturated heterocycles. The Hall–Kier alpha value is -1.84. The van der Waals surface area contributed by atoms with Crippen LogP contribution in [0.25, 0.3) is 10.9 Å². The summed E-state index contributed by atoms with van der Waals surface area (Å²) in [5, 5.41) is 8.11. The highest BCUT2D eigenvalue weighted by Gasteiger charge is 2.06. The van der Waals surface area contributed by atoms with Crippen LogP contribution in [-0.4, -0.2) is 16.2 Å². The smallest absolute Gasteiger partial charge is 0.211 e. The minimum absolute atomic E-state index is 0.321. The van der Waals surface area contributed by atoms with Gasteiger partial charge in [0.25, 0.3) is 0 Å². The second-order valence-corrected chi connectivity index (χ2v) is 3.71. The number of amides is 1. The Morgan fingerprint density at radius 3 is 2.93 bits per heavy atom. The minimum atomic E-state index is 0.321. The summed E-state index contributed by atoms with van der Waals surface area (Å²) in [5.74, 6) is 0. The number of aromatic nitrogens is 2. The van der Waals surface area contributed by atoms with Gasteiger partial charge in [0.05, 0.1) is 5.69 Å². The van der Waals surface area contributed by atoms with E-state index < -0.39 is 0 Å². The second kappa shape index (κ2) is 3.73. The van der Waals surface area contributed by atoms with Crippen molar-refractivity contribution in [3.8, 4) is 0 Å². The van der Waals surface area contributed by atoms with Gasteiger partial charge in [-0.1, -0.05) is 12.1 Å². The zero-order valence-corrected chi connectivity index (χ0v) is 8.77. The molecule has 0 atom stereocenters. The van der Waals surface area contributed by atoms with Crippen LogP contribution >= 0.6 is 0 Å². The van der Waals surface area contributed by atoms with Crippen LogP contribution in [0.3, 0.4) is 0 Å². The molecule has 0 bridgehead atoms. The van der Waals surface area contributed by atoms with Crippen LogP contribution < -0.4 is 5.32 Å². The lowest BCUT2D eigenvalue weighted by Gasteiger charge is -2.02. The maximum absolute atomic E-state index is 10.4. The van der Waals surface area contributed by atoms with Gasteiger partial charge in [0.1, 0.15) is 5.52 Å². The Bertz CT molecular complexity index is 488. The molecule has 2 rings (SSSR count). The van der Waals surface area contributed by atoms with E-state index >= 15 is 0 Å². The molecule has 1 heterocycles. The van der Waals surface area contributed by atoms with E-state index in [0.717, 1.165) is 16.6 Å². The molecule has 0 radical (unpaired) electrons. The summed E-state index contributed by atoms with van der Waals surface area (Å²) in [4.78, 5) is 10.4. The first-order valence-corrected chi connectivity index (χ1v) is 4.90. The fourth-order valence-corrected chi connectivity index (χ4v) is 1.51. The van der Waals surface area contributed by atoms with Crippen LogP contribution in [-0.2, 0) is 4.79 Å². The number of carbonyl (C=O) groups excluding carboxylic acids is 1. The predicted molar refractivity (Wildman–Crippen MR) is 59.8 cm³/mol. The molecular formula is C11H13N3O. The van der Waals surface area contributed by atoms with Crippen LogP contribution in [0, 0.1) is 0 Å². The van der Waals surface area contributed by atoms with Gasteiger partial charge in [0, 0.05) is 17.6 Å². The van der Waals surface area contributed by atoms with Crippen molar-refractivity contribution in [1.29, 1.82) is 0 Å². The molecule has 0 saturated carbocycles. The van der Waals surface area contributed by atoms with E-state index in [1.165, 1.54) is 0 Å². The van der Waals surface area contributed by atoms with E-state index in [1.54, 1.807) is 0 Å². The molecule has 15 heavy (non-hydrogen) atoms. The lowest BCUT2D eigenvalue weighted by atomic mass is 10.2. The quantitative estimate of drug-likeness (QED) is 0.777. The first-order valence-electron chi connectivity index (χ1n) is 4.90. The average molecular weight is 203 g/mol. The van der Waals surface area contributed by atoms with E-state index in [0.29, 0.717) is 12.5 Å². The van der Waals surface area contributed by atoms with Gasteiger partial charge in [-0.2, -0.15) is 5.10 Å². The monoisotopic (exact) mass is 203 g/mol. The molecule has 4 heteroatoms. The van der Waals surface area contributed by atoms with Gasteiger partial charge in [-0.05, 0) is 19.9 Å². The molecule has 1 N–H and O–H groups in total. The van der Waals surface area contributed by atoms with Crippen molar-refractivity contribution in [3.05, 3.63) is 24.4 Å². The summed E-state index contributed by atoms with van der Waals surface area (Å²) in [6.45, 7) is 4.14. The van der Waals surface area contributed by atoms with Gasteiger partial charge in [0.15, 0.2) is 0 Å². The number of hydrogen-bond acceptors (Lipinski definition) is 2. The van der Waals surface area contributed by atoms with E-state index in [9.17, 15) is 4.79 Å². The van der Waals surface area contributed by atoms with E-state index in [-0.39, 0.29) is 0 Å². The standard InChI is InChI=1S/C11H13N3O/c1-8(2)14-6-9-4-3-5-10(12-7-15)11(9)13-14/h3-8H,1-2H3,(H,12,15). The lowest BCUT2D eigenvalue weighted by Crippen LogP contribution is -2.00. The Labute approximate surface area is 87.9 Å². The van der Waals surface area contributed by atoms with Crippen molar-refractivity contribution in [3.63, 3.8) is 0 Å². The number of anilines is 1. The molecule has 78 valence electrons. The lowest BCUT2D eigenvalue weighted by molar-refractivity contribution is -0.105. The van der Waals surface area contributed by atoms with Gasteiger partial charge in [0.2, 0.25) is 6.41 Å². The van der Waals surface area contributed by atoms with Crippen molar-refractivity contribution in [1.82, 2.24) is 9.78 Å². The molecule has 0 unspecified atom stereocenters. The Kier molecular flexibility index (Phi) is 2.41. The number of nitrogens with one attached hydrogen (secondary N) is 1. The van der Waals surface area contributed by atoms with Gasteiger partial charge < -0.3 is 5.32 Å². The third kappa shape index (κ3) is 1.70. The number of rotatable bonds is 3. The maximum Gasteiger partial charge on any atom is 0.211 e. The van der Waals surface area contributed by atoms with Crippen LogP contribution in [0.2, 0.25) is 0 Å². The third-order valence-corrected chi connectivity index (χ3v) is 2.30. The van der Waals surface area contributed by atoms with Crippen molar-refractivity contribution >= 4 is 23.0 Å². The minimum Gasteiger partial charge on any atom is -0.327 e. The van der Waals surface area contributed by atoms with Crippen LogP contribution in [0.4, 0.5) is 5.69 Å². The van der Waals surface area contributed by atoms with Gasteiger partial charge >= 0.3 is 0 Å². The van der Waals surface area contributed by atoms with E-state index in [2.05, 4.69) is 24.3 Å². The zero-order chi connectivity index (χ0) is 10.8. The summed E-state index contributed by atoms with van der Waals surface area (Å²) in [6, 6.07) is 6.05. The molecule has 0 fully saturated rings. The summed E-state index contributed by atoms with van der Waals surface area (Å²) in [6.07, 6.45) is 2.65. The number of fused-ring (bicyclic) bond motifs is 1. The van der Waals surface area contributed by atoms with Gasteiger partial charge in [-0.25, -0.2) is 0 Å². The topological polar surface area (TPSA) is 46.9 Å². The summed E-state index contributed by atoms with van der Waals surface area (Å²) < 4.78 is 1.89. The molecule has 1 aromatic heterocycles. The van der Waals surface area contributed by atoms with Crippen molar-refractivity contribution < 1.29 is 4.79 Å². The molecule has 0 spiro atoms. The Morgan fingerprint density at radius 2 is 2.27 bits per heavy atom. The molecule has 0 aliphatic carbocycles. The number of carbonyl (C=O) groups is 1. The van der Waals surface area contributed by atoms with Crippen LogP contribution in [0.5, 0.6) is 0 Å². The average Bonchev–Trinajstić information content (AvgIpc) is 2.63. The highest BCUT2D eigenvalue weighted by atomic mass is 16.1. The van der Waals surface area contributed by atoms with Crippen molar-refractivity contribution in [2.24, 2.45) is 0 Å². The number of nitrogens with zero attached hydrogens (tertiary/aromatic N) is 2. The van der Waals surface area contributed by atoms with Crippen molar-refractivity contribution in [2.45, 2.75) is 19.9 Å². The molecule has 4 nitrogen and oxygen atoms in total. The fourth-order valence-electron chi connectivity index (χ4n) is 1.51. The Morgan fingerprint density at radius 1 is 1.47 bits per heavy atom. The summed E-state index contributed by atoms with van der Waals surface area (Å²) in [7, 11) is 0.